The molecule has 3 amide bonds. The van der Waals surface area contributed by atoms with E-state index in [0.717, 1.165) is 5.56 Å². The quantitative estimate of drug-likeness (QED) is 0.512. The van der Waals surface area contributed by atoms with Gasteiger partial charge in [0.2, 0.25) is 0 Å². The van der Waals surface area contributed by atoms with Crippen LogP contribution < -0.4 is 15.0 Å². The van der Waals surface area contributed by atoms with Gasteiger partial charge in [-0.05, 0) is 78.5 Å². The van der Waals surface area contributed by atoms with Crippen molar-refractivity contribution < 1.29 is 33.0 Å². The topological polar surface area (TPSA) is 91.3 Å². The number of carbonyl (C=O) groups excluding carboxylic acids is 2. The van der Waals surface area contributed by atoms with E-state index in [2.05, 4.69) is 21.2 Å². The molecule has 4 rings (SSSR count). The first-order valence-corrected chi connectivity index (χ1v) is 12.8. The highest BCUT2D eigenvalue weighted by atomic mass is 79.9. The van der Waals surface area contributed by atoms with Crippen LogP contribution in [0.1, 0.15) is 37.9 Å². The monoisotopic (exact) mass is 581 g/mol. The molecular formula is C26H30BrF2N3O5. The molecule has 8 nitrogen and oxygen atoms in total. The van der Waals surface area contributed by atoms with Gasteiger partial charge in [-0.25, -0.2) is 18.4 Å². The number of carbonyl (C=O) groups is 2. The van der Waals surface area contributed by atoms with Crippen molar-refractivity contribution in [3.05, 3.63) is 57.6 Å². The van der Waals surface area contributed by atoms with Gasteiger partial charge >= 0.3 is 12.1 Å². The van der Waals surface area contributed by atoms with Crippen LogP contribution in [0.25, 0.3) is 0 Å². The molecule has 0 bridgehead atoms. The van der Waals surface area contributed by atoms with Gasteiger partial charge in [0.15, 0.2) is 0 Å². The number of halogens is 3. The smallest absolute Gasteiger partial charge is 0.410 e. The number of aliphatic hydroxyl groups is 1. The van der Waals surface area contributed by atoms with Crippen molar-refractivity contribution in [3.63, 3.8) is 0 Å². The van der Waals surface area contributed by atoms with E-state index in [0.29, 0.717) is 41.8 Å². The number of rotatable bonds is 6. The predicted molar refractivity (Wildman–Crippen MR) is 137 cm³/mol. The van der Waals surface area contributed by atoms with Gasteiger partial charge in [0.1, 0.15) is 23.0 Å². The summed E-state index contributed by atoms with van der Waals surface area (Å²) in [5.74, 6) is -0.743. The zero-order valence-electron chi connectivity index (χ0n) is 20.9. The van der Waals surface area contributed by atoms with Crippen molar-refractivity contribution in [2.75, 3.05) is 37.7 Å². The van der Waals surface area contributed by atoms with Gasteiger partial charge in [-0.3, -0.25) is 4.90 Å². The van der Waals surface area contributed by atoms with E-state index in [1.54, 1.807) is 37.8 Å². The Morgan fingerprint density at radius 1 is 1.19 bits per heavy atom. The molecule has 1 saturated heterocycles. The second kappa shape index (κ2) is 10.8. The van der Waals surface area contributed by atoms with Crippen molar-refractivity contribution >= 4 is 33.7 Å². The number of nitrogens with zero attached hydrogens (tertiary/aromatic N) is 2. The molecule has 0 saturated carbocycles. The first-order chi connectivity index (χ1) is 17.4. The third kappa shape index (κ3) is 6.51. The molecular weight excluding hydrogens is 552 g/mol. The van der Waals surface area contributed by atoms with Crippen LogP contribution in [0.4, 0.5) is 24.1 Å². The number of ether oxygens (including phenoxy) is 2. The molecule has 37 heavy (non-hydrogen) atoms. The molecule has 1 unspecified atom stereocenters. The summed E-state index contributed by atoms with van der Waals surface area (Å²) in [7, 11) is 0. The Bertz CT molecular complexity index is 1180. The highest BCUT2D eigenvalue weighted by Crippen LogP contribution is 2.33. The third-order valence-electron chi connectivity index (χ3n) is 6.13. The van der Waals surface area contributed by atoms with Crippen LogP contribution in [0.3, 0.4) is 0 Å². The zero-order valence-corrected chi connectivity index (χ0v) is 22.5. The van der Waals surface area contributed by atoms with E-state index in [1.807, 2.05) is 0 Å². The highest BCUT2D eigenvalue weighted by molar-refractivity contribution is 9.10. The van der Waals surface area contributed by atoms with Crippen LogP contribution in [0.5, 0.6) is 5.75 Å². The Morgan fingerprint density at radius 3 is 2.59 bits per heavy atom. The van der Waals surface area contributed by atoms with Gasteiger partial charge < -0.3 is 24.8 Å². The number of nitrogens with one attached hydrogen (secondary N) is 1. The number of hydrogen-bond acceptors (Lipinski definition) is 5. The van der Waals surface area contributed by atoms with Crippen molar-refractivity contribution in [2.24, 2.45) is 5.92 Å². The van der Waals surface area contributed by atoms with Gasteiger partial charge in [0.25, 0.3) is 0 Å². The predicted octanol–water partition coefficient (Wildman–Crippen LogP) is 4.78. The molecule has 2 heterocycles. The number of urea groups is 1. The molecule has 0 aliphatic carbocycles. The number of hydrogen-bond donors (Lipinski definition) is 2. The van der Waals surface area contributed by atoms with Crippen LogP contribution in [-0.2, 0) is 11.2 Å². The van der Waals surface area contributed by atoms with Crippen molar-refractivity contribution in [1.82, 2.24) is 10.2 Å². The minimum Gasteiger partial charge on any atom is -0.493 e. The number of amides is 3. The lowest BCUT2D eigenvalue weighted by atomic mass is 10.0. The largest absolute Gasteiger partial charge is 0.493 e. The molecule has 11 heteroatoms. The Morgan fingerprint density at radius 2 is 1.92 bits per heavy atom. The molecule has 2 aliphatic rings. The SMILES string of the molecule is CC(C)(C)OC(=O)N1CC(COc2cc(F)cc(C(CO)NC(=O)N3CCc4cc(Br)c(F)cc43)c2)C1. The Hall–Kier alpha value is -2.92. The van der Waals surface area contributed by atoms with E-state index in [1.165, 1.54) is 23.1 Å². The Kier molecular flexibility index (Phi) is 7.94. The zero-order chi connectivity index (χ0) is 26.9. The minimum absolute atomic E-state index is 0.0724. The summed E-state index contributed by atoms with van der Waals surface area (Å²) < 4.78 is 39.9. The third-order valence-corrected chi connectivity index (χ3v) is 6.74. The molecule has 200 valence electrons. The summed E-state index contributed by atoms with van der Waals surface area (Å²) in [5.41, 5.74) is 1.04. The van der Waals surface area contributed by atoms with Crippen LogP contribution >= 0.6 is 15.9 Å². The van der Waals surface area contributed by atoms with Crippen LogP contribution in [0.2, 0.25) is 0 Å². The maximum atomic E-state index is 14.4. The molecule has 0 aromatic heterocycles. The molecule has 2 aromatic carbocycles. The lowest BCUT2D eigenvalue weighted by molar-refractivity contribution is -0.00783. The number of anilines is 1. The van der Waals surface area contributed by atoms with Gasteiger partial charge in [0.05, 0.1) is 29.4 Å². The number of fused-ring (bicyclic) bond motifs is 1. The van der Waals surface area contributed by atoms with Gasteiger partial charge in [-0.2, -0.15) is 0 Å². The molecule has 0 spiro atoms. The van der Waals surface area contributed by atoms with Gasteiger partial charge in [0, 0.05) is 31.6 Å². The summed E-state index contributed by atoms with van der Waals surface area (Å²) in [6.07, 6.45) is 0.185. The fourth-order valence-electron chi connectivity index (χ4n) is 4.29. The van der Waals surface area contributed by atoms with Crippen LogP contribution in [-0.4, -0.2) is 60.6 Å². The lowest BCUT2D eigenvalue weighted by Crippen LogP contribution is -2.53. The summed E-state index contributed by atoms with van der Waals surface area (Å²) in [5, 5.41) is 12.6. The lowest BCUT2D eigenvalue weighted by Gasteiger charge is -2.39. The first-order valence-electron chi connectivity index (χ1n) is 12.0. The Labute approximate surface area is 222 Å². The first kappa shape index (κ1) is 27.1. The van der Waals surface area contributed by atoms with E-state index >= 15 is 0 Å². The molecule has 2 N–H and O–H groups in total. The molecule has 1 fully saturated rings. The second-order valence-electron chi connectivity index (χ2n) is 10.3. The highest BCUT2D eigenvalue weighted by Gasteiger charge is 2.34. The van der Waals surface area contributed by atoms with Gasteiger partial charge in [-0.15, -0.1) is 0 Å². The van der Waals surface area contributed by atoms with Crippen LogP contribution in [0.15, 0.2) is 34.8 Å². The maximum Gasteiger partial charge on any atom is 0.410 e. The van der Waals surface area contributed by atoms with E-state index in [-0.39, 0.29) is 24.4 Å². The van der Waals surface area contributed by atoms with Gasteiger partial charge in [-0.1, -0.05) is 0 Å². The summed E-state index contributed by atoms with van der Waals surface area (Å²) >= 11 is 3.15. The number of aliphatic hydroxyl groups excluding tert-OH is 1. The van der Waals surface area contributed by atoms with Crippen LogP contribution in [0, 0.1) is 17.6 Å². The normalized spacial score (nSPS) is 16.2. The van der Waals surface area contributed by atoms with E-state index in [9.17, 15) is 23.5 Å². The van der Waals surface area contributed by atoms with Crippen molar-refractivity contribution in [2.45, 2.75) is 38.8 Å². The fourth-order valence-corrected chi connectivity index (χ4v) is 4.68. The Balaban J connectivity index is 1.36. The number of likely N-dealkylation sites (tertiary alicyclic amines) is 1. The van der Waals surface area contributed by atoms with Crippen molar-refractivity contribution in [1.29, 1.82) is 0 Å². The standard InChI is InChI=1S/C26H30BrF2N3O5/c1-26(2,3)37-25(35)31-11-15(12-31)14-36-19-7-17(6-18(28)9-19)22(13-33)30-24(34)32-5-4-16-8-20(27)21(29)10-23(16)32/h6-10,15,22,33H,4-5,11-14H2,1-3H3,(H,30,34). The summed E-state index contributed by atoms with van der Waals surface area (Å²) in [6, 6.07) is 5.51. The minimum atomic E-state index is -0.902. The number of benzene rings is 2. The summed E-state index contributed by atoms with van der Waals surface area (Å²) in [4.78, 5) is 28.0. The second-order valence-corrected chi connectivity index (χ2v) is 11.1. The van der Waals surface area contributed by atoms with E-state index < -0.39 is 35.9 Å². The summed E-state index contributed by atoms with van der Waals surface area (Å²) in [6.45, 7) is 6.51. The van der Waals surface area contributed by atoms with Crippen molar-refractivity contribution in [3.8, 4) is 5.75 Å². The molecule has 1 atom stereocenters. The molecule has 0 radical (unpaired) electrons. The van der Waals surface area contributed by atoms with E-state index in [4.69, 9.17) is 9.47 Å². The molecule has 2 aromatic rings. The molecule has 2 aliphatic heterocycles. The fraction of sp³-hybridized carbons (Fsp3) is 0.462. The maximum absolute atomic E-state index is 14.4. The average Bonchev–Trinajstić information content (AvgIpc) is 3.17. The average molecular weight is 582 g/mol.